The van der Waals surface area contributed by atoms with Crippen molar-refractivity contribution >= 4 is 17.7 Å². The highest BCUT2D eigenvalue weighted by Crippen LogP contribution is 2.50. The normalized spacial score (nSPS) is 22.7. The second-order valence-corrected chi connectivity index (χ2v) is 11.7. The molecule has 0 atom stereocenters. The van der Waals surface area contributed by atoms with E-state index in [0.29, 0.717) is 24.1 Å². The maximum atomic E-state index is 14.2. The molecule has 2 heterocycles. The fraction of sp³-hybridized carbons (Fsp3) is 0.467. The number of rotatable bonds is 8. The minimum absolute atomic E-state index is 0.0227. The number of nitrogens with one attached hydrogen (secondary N) is 1. The number of fused-ring (bicyclic) bond motifs is 1. The summed E-state index contributed by atoms with van der Waals surface area (Å²) in [4.78, 5) is 27.4. The molecular weight excluding hydrogens is 532 g/mol. The second kappa shape index (κ2) is 10.2. The van der Waals surface area contributed by atoms with Gasteiger partial charge in [0.2, 0.25) is 0 Å². The summed E-state index contributed by atoms with van der Waals surface area (Å²) < 4.78 is 41.2. The summed E-state index contributed by atoms with van der Waals surface area (Å²) in [5, 5.41) is 11.3. The van der Waals surface area contributed by atoms with Crippen LogP contribution in [0.4, 0.5) is 19.3 Å². The van der Waals surface area contributed by atoms with Gasteiger partial charge >= 0.3 is 6.09 Å². The number of benzene rings is 2. The quantitative estimate of drug-likeness (QED) is 0.404. The lowest BCUT2D eigenvalue weighted by Crippen LogP contribution is -2.51. The Hall–Kier alpha value is -3.86. The van der Waals surface area contributed by atoms with E-state index < -0.39 is 17.9 Å². The number of nitrogens with zero attached hydrogens (tertiary/aromatic N) is 4. The topological polar surface area (TPSA) is 98.6 Å². The number of alkyl halides is 2. The van der Waals surface area contributed by atoms with E-state index in [4.69, 9.17) is 9.47 Å². The van der Waals surface area contributed by atoms with Crippen LogP contribution in [0.15, 0.2) is 42.7 Å². The summed E-state index contributed by atoms with van der Waals surface area (Å²) in [7, 11) is 3.58. The van der Waals surface area contributed by atoms with E-state index in [2.05, 4.69) is 15.5 Å². The number of hydrogen-bond acceptors (Lipinski definition) is 6. The molecule has 11 heteroatoms. The Morgan fingerprint density at radius 1 is 1.22 bits per heavy atom. The lowest BCUT2D eigenvalue weighted by atomic mass is 9.62. The van der Waals surface area contributed by atoms with Gasteiger partial charge in [0.15, 0.2) is 0 Å². The maximum Gasteiger partial charge on any atom is 0.407 e. The highest BCUT2D eigenvalue weighted by molar-refractivity contribution is 6.10. The number of aryl methyl sites for hydroxylation is 1. The number of alkyl carbamates (subject to hydrolysis) is 1. The molecule has 1 aliphatic heterocycles. The first kappa shape index (κ1) is 27.3. The van der Waals surface area contributed by atoms with Crippen molar-refractivity contribution in [3.63, 3.8) is 0 Å². The van der Waals surface area contributed by atoms with Crippen LogP contribution in [0.3, 0.4) is 0 Å². The molecule has 9 nitrogen and oxygen atoms in total. The third-order valence-corrected chi connectivity index (χ3v) is 8.94. The fourth-order valence-corrected chi connectivity index (χ4v) is 6.37. The summed E-state index contributed by atoms with van der Waals surface area (Å²) in [6.07, 6.45) is 2.54. The molecule has 0 saturated heterocycles. The highest BCUT2D eigenvalue weighted by Gasteiger charge is 2.50. The van der Waals surface area contributed by atoms with Crippen LogP contribution in [0, 0.1) is 0 Å². The van der Waals surface area contributed by atoms with Crippen LogP contribution in [-0.2, 0) is 35.1 Å². The molecule has 1 aromatic heterocycles. The smallest absolute Gasteiger partial charge is 0.407 e. The zero-order valence-electron chi connectivity index (χ0n) is 23.3. The second-order valence-electron chi connectivity index (χ2n) is 11.7. The van der Waals surface area contributed by atoms with E-state index in [1.165, 1.54) is 11.0 Å². The maximum absolute atomic E-state index is 14.2. The summed E-state index contributed by atoms with van der Waals surface area (Å²) in [5.41, 5.74) is 1.45. The number of ether oxygens (including phenoxy) is 2. The van der Waals surface area contributed by atoms with E-state index >= 15 is 0 Å². The van der Waals surface area contributed by atoms with E-state index in [1.54, 1.807) is 19.5 Å². The van der Waals surface area contributed by atoms with Gasteiger partial charge < -0.3 is 24.3 Å². The fourth-order valence-electron chi connectivity index (χ4n) is 6.37. The third-order valence-electron chi connectivity index (χ3n) is 8.94. The van der Waals surface area contributed by atoms with Crippen molar-refractivity contribution in [3.05, 3.63) is 76.4 Å². The molecule has 3 aliphatic rings. The third kappa shape index (κ3) is 4.75. The number of anilines is 1. The molecule has 2 aliphatic carbocycles. The minimum Gasteiger partial charge on any atom is -0.445 e. The minimum atomic E-state index is -2.79. The van der Waals surface area contributed by atoms with Crippen molar-refractivity contribution in [1.82, 2.24) is 20.1 Å². The van der Waals surface area contributed by atoms with Crippen molar-refractivity contribution in [2.75, 3.05) is 12.0 Å². The van der Waals surface area contributed by atoms with E-state index in [1.807, 2.05) is 42.8 Å². The number of aromatic nitrogens is 3. The number of carbonyl (C=O) groups is 2. The molecule has 0 bridgehead atoms. The number of methoxy groups -OCH3 is 1. The molecule has 2 amide bonds. The zero-order chi connectivity index (χ0) is 28.9. The standard InChI is InChI=1S/C30H33F2N5O4/c1-29(8-5-9-29)34-28(39)41-16-18-10-22(25(31)32)24-15-37(26(38)23(24)11-18)20-7-4-6-19(12-20)30(13-21(14-30)40-3)27-35-33-17-36(27)2/h4,6-7,10-12,17,21,25H,5,8-9,13-16H2,1-3H3,(H,34,39). The van der Waals surface area contributed by atoms with Gasteiger partial charge in [-0.2, -0.15) is 0 Å². The van der Waals surface area contributed by atoms with Gasteiger partial charge in [-0.15, -0.1) is 10.2 Å². The zero-order valence-corrected chi connectivity index (χ0v) is 23.3. The molecular formula is C30H33F2N5O4. The van der Waals surface area contributed by atoms with Crippen molar-refractivity contribution in [3.8, 4) is 0 Å². The van der Waals surface area contributed by atoms with Crippen molar-refractivity contribution in [1.29, 1.82) is 0 Å². The van der Waals surface area contributed by atoms with Crippen LogP contribution in [-0.4, -0.2) is 45.5 Å². The van der Waals surface area contributed by atoms with Crippen LogP contribution >= 0.6 is 0 Å². The first-order valence-electron chi connectivity index (χ1n) is 13.8. The van der Waals surface area contributed by atoms with Crippen LogP contribution in [0.5, 0.6) is 0 Å². The predicted molar refractivity (Wildman–Crippen MR) is 146 cm³/mol. The Bertz CT molecular complexity index is 1500. The van der Waals surface area contributed by atoms with E-state index in [9.17, 15) is 18.4 Å². The van der Waals surface area contributed by atoms with Gasteiger partial charge in [-0.1, -0.05) is 12.1 Å². The van der Waals surface area contributed by atoms with E-state index in [0.717, 1.165) is 30.7 Å². The van der Waals surface area contributed by atoms with Crippen LogP contribution in [0.1, 0.15) is 83.9 Å². The lowest BCUT2D eigenvalue weighted by Gasteiger charge is -2.46. The average Bonchev–Trinajstić information content (AvgIpc) is 3.49. The Morgan fingerprint density at radius 3 is 2.63 bits per heavy atom. The van der Waals surface area contributed by atoms with Gasteiger partial charge in [0.05, 0.1) is 18.1 Å². The monoisotopic (exact) mass is 565 g/mol. The Kier molecular flexibility index (Phi) is 6.80. The molecule has 0 radical (unpaired) electrons. The molecule has 2 aromatic carbocycles. The molecule has 0 spiro atoms. The summed E-state index contributed by atoms with van der Waals surface area (Å²) in [5.74, 6) is 0.433. The predicted octanol–water partition coefficient (Wildman–Crippen LogP) is 5.18. The summed E-state index contributed by atoms with van der Waals surface area (Å²) >= 11 is 0. The molecule has 0 unspecified atom stereocenters. The Balaban J connectivity index is 1.26. The molecule has 41 heavy (non-hydrogen) atoms. The summed E-state index contributed by atoms with van der Waals surface area (Å²) in [6.45, 7) is 1.76. The molecule has 1 N–H and O–H groups in total. The SMILES string of the molecule is COC1CC(c2cccc(N3Cc4c(cc(COC(=O)NC5(C)CCC5)cc4C(F)F)C3=O)c2)(c2nncn2C)C1. The first-order chi connectivity index (χ1) is 19.6. The molecule has 3 aromatic rings. The van der Waals surface area contributed by atoms with Gasteiger partial charge in [-0.05, 0) is 80.0 Å². The van der Waals surface area contributed by atoms with Crippen molar-refractivity contribution in [2.45, 2.75) is 75.7 Å². The largest absolute Gasteiger partial charge is 0.445 e. The molecule has 2 fully saturated rings. The van der Waals surface area contributed by atoms with Crippen molar-refractivity contribution in [2.24, 2.45) is 7.05 Å². The Morgan fingerprint density at radius 2 is 2.00 bits per heavy atom. The van der Waals surface area contributed by atoms with Gasteiger partial charge in [-0.25, -0.2) is 13.6 Å². The Labute approximate surface area is 236 Å². The average molecular weight is 566 g/mol. The van der Waals surface area contributed by atoms with Crippen LogP contribution < -0.4 is 10.2 Å². The lowest BCUT2D eigenvalue weighted by molar-refractivity contribution is -0.00696. The van der Waals surface area contributed by atoms with Crippen molar-refractivity contribution < 1.29 is 27.8 Å². The van der Waals surface area contributed by atoms with Crippen LogP contribution in [0.25, 0.3) is 0 Å². The molecule has 216 valence electrons. The molecule has 6 rings (SSSR count). The van der Waals surface area contributed by atoms with Crippen LogP contribution in [0.2, 0.25) is 0 Å². The summed E-state index contributed by atoms with van der Waals surface area (Å²) in [6, 6.07) is 10.5. The van der Waals surface area contributed by atoms with Gasteiger partial charge in [0.1, 0.15) is 18.8 Å². The van der Waals surface area contributed by atoms with Gasteiger partial charge in [0.25, 0.3) is 12.3 Å². The number of halogens is 2. The first-order valence-corrected chi connectivity index (χ1v) is 13.8. The number of hydrogen-bond donors (Lipinski definition) is 1. The molecule has 2 saturated carbocycles. The number of amides is 2. The number of carbonyl (C=O) groups excluding carboxylic acids is 2. The highest BCUT2D eigenvalue weighted by atomic mass is 19.3. The van der Waals surface area contributed by atoms with Gasteiger partial charge in [0, 0.05) is 36.5 Å². The van der Waals surface area contributed by atoms with E-state index in [-0.39, 0.29) is 47.4 Å². The van der Waals surface area contributed by atoms with Gasteiger partial charge in [-0.3, -0.25) is 4.79 Å².